The fraction of sp³-hybridized carbons (Fsp3) is 0.464. The number of carbonyl (C=O) groups is 1. The van der Waals surface area contributed by atoms with Gasteiger partial charge in [0, 0.05) is 78.1 Å². The number of phenolic OH excluding ortho intramolecular Hbond substituents is 3. The van der Waals surface area contributed by atoms with E-state index in [1.807, 2.05) is 55.7 Å². The molecule has 16 heteroatoms. The van der Waals surface area contributed by atoms with Crippen molar-refractivity contribution in [1.29, 1.82) is 0 Å². The second-order valence-corrected chi connectivity index (χ2v) is 34.6. The number of rotatable bonds is 15. The fourth-order valence-electron chi connectivity index (χ4n) is 19.1. The number of ether oxygens (including phenoxy) is 3. The van der Waals surface area contributed by atoms with Crippen molar-refractivity contribution in [1.82, 2.24) is 10.3 Å². The minimum absolute atomic E-state index is 0.000613. The number of carbonyl (C=O) groups excluding carboxylic acids is 1. The third kappa shape index (κ3) is 14.1. The summed E-state index contributed by atoms with van der Waals surface area (Å²) in [6.45, 7) is 6.07. The van der Waals surface area contributed by atoms with E-state index in [2.05, 4.69) is 102 Å². The predicted molar refractivity (Wildman–Crippen MR) is 407 cm³/mol. The van der Waals surface area contributed by atoms with Crippen molar-refractivity contribution in [2.45, 2.75) is 151 Å². The molecule has 14 atom stereocenters. The highest BCUT2D eigenvalue weighted by Gasteiger charge is 2.62. The maximum atomic E-state index is 18.2. The predicted octanol–water partition coefficient (Wildman–Crippen LogP) is 16.3. The number of ketones is 1. The normalized spacial score (nSPS) is 28.9. The van der Waals surface area contributed by atoms with E-state index in [0.717, 1.165) is 133 Å². The number of aliphatic hydroxyl groups excluding tert-OH is 3. The molecule has 1 aromatic heterocycles. The summed E-state index contributed by atoms with van der Waals surface area (Å²) < 4.78 is 19.3. The summed E-state index contributed by atoms with van der Waals surface area (Å²) >= 11 is 0. The highest BCUT2D eigenvalue weighted by molar-refractivity contribution is 8.77. The molecule has 0 amide bonds. The van der Waals surface area contributed by atoms with Crippen LogP contribution < -0.4 is 14.8 Å². The average molecular weight is 1420 g/mol. The Morgan fingerprint density at radius 3 is 2.33 bits per heavy atom. The van der Waals surface area contributed by atoms with Gasteiger partial charge in [-0.2, -0.15) is 0 Å². The molecule has 1 saturated heterocycles. The van der Waals surface area contributed by atoms with Gasteiger partial charge in [0.15, 0.2) is 28.8 Å². The summed E-state index contributed by atoms with van der Waals surface area (Å²) in [6.07, 6.45) is 12.2. The molecule has 12 nitrogen and oxygen atoms in total. The summed E-state index contributed by atoms with van der Waals surface area (Å²) in [6, 6.07) is 47.2. The van der Waals surface area contributed by atoms with E-state index in [1.54, 1.807) is 68.5 Å². The van der Waals surface area contributed by atoms with Gasteiger partial charge in [0.25, 0.3) is 0 Å². The molecule has 0 spiro atoms. The van der Waals surface area contributed by atoms with Gasteiger partial charge in [0.05, 0.1) is 36.6 Å². The lowest BCUT2D eigenvalue weighted by Crippen LogP contribution is -2.63. The zero-order valence-electron chi connectivity index (χ0n) is 57.9. The van der Waals surface area contributed by atoms with E-state index in [0.29, 0.717) is 78.4 Å². The molecule has 100 heavy (non-hydrogen) atoms. The van der Waals surface area contributed by atoms with Crippen LogP contribution in [-0.4, -0.2) is 110 Å². The molecule has 8 N–H and O–H groups in total. The molecular weight excluding hydrogens is 1330 g/mol. The minimum Gasteiger partial charge on any atom is -0.508 e. The van der Waals surface area contributed by atoms with Crippen LogP contribution in [0.1, 0.15) is 150 Å². The van der Waals surface area contributed by atoms with Gasteiger partial charge in [-0.05, 0) is 235 Å². The highest BCUT2D eigenvalue weighted by atomic mass is 33.1. The molecule has 528 valence electrons. The average Bonchev–Trinajstić information content (AvgIpc) is 0.794. The molecule has 14 rings (SSSR count). The number of methoxy groups -OCH3 is 1. The molecule has 3 aliphatic heterocycles. The Morgan fingerprint density at radius 1 is 0.710 bits per heavy atom. The number of benzene rings is 7. The zero-order chi connectivity index (χ0) is 69.1. The van der Waals surface area contributed by atoms with Crippen LogP contribution in [0.15, 0.2) is 152 Å². The van der Waals surface area contributed by atoms with E-state index >= 15 is 4.79 Å². The summed E-state index contributed by atoms with van der Waals surface area (Å²) in [5.41, 5.74) is 9.50. The Morgan fingerprint density at radius 2 is 1.52 bits per heavy atom. The number of aryl methyl sites for hydroxylation is 1. The van der Waals surface area contributed by atoms with E-state index in [1.165, 1.54) is 16.7 Å². The topological polar surface area (TPSA) is 194 Å². The van der Waals surface area contributed by atoms with E-state index in [9.17, 15) is 30.6 Å². The molecule has 0 unspecified atom stereocenters. The van der Waals surface area contributed by atoms with Gasteiger partial charge in [0.2, 0.25) is 0 Å². The third-order valence-corrected chi connectivity index (χ3v) is 29.3. The number of aromatic nitrogens is 1. The monoisotopic (exact) mass is 1420 g/mol. The lowest BCUT2D eigenvalue weighted by molar-refractivity contribution is -0.150. The largest absolute Gasteiger partial charge is 0.508 e. The van der Waals surface area contributed by atoms with E-state index in [-0.39, 0.29) is 54.0 Å². The molecule has 4 fully saturated rings. The first-order chi connectivity index (χ1) is 48.8. The van der Waals surface area contributed by atoms with Gasteiger partial charge in [-0.3, -0.25) is 4.79 Å². The standard InChI is InChI=1S/C84H98N2O10S4/c1-4-54-24-25-55-18-11-20-67-76(46-87)100-99-49-63-40-77(91)84(71-50-98-97-48-61-23-22-53(47-95-5-2)36-74(61)96-75-39-60(71)27-28-72(75)89,82(93)79(63)80(92)62(35-52-30-33-85-45-52)38-58-26-29-73(90)81(94-3)69(58)44-68(54)78(55)67)65-41-64(42-66(88)43-65)83-31-12-19-59(70(83)21-13-32-86-83)37-57-17-10-9-16-56(57)34-51-14-7-6-8-15-51/h6-11,14-18,20,24-30,33,39,41-43,45,53,59,61-63,70-71,74,76-77,79-80,85-92H,4-5,12-13,19,21-23,31-32,34-38,40,44,46-50H2,1-3H3/t53-,59-,61+,62+,63-,70+,71+,74-,76-,77+,79+,80-,83+,84-/m0/s1. The van der Waals surface area contributed by atoms with E-state index < -0.39 is 52.1 Å². The van der Waals surface area contributed by atoms with Crippen LogP contribution in [-0.2, 0) is 59.0 Å². The number of aromatic amines is 1. The van der Waals surface area contributed by atoms with Crippen LogP contribution in [0.5, 0.6) is 28.7 Å². The number of aromatic hydroxyl groups is 3. The second kappa shape index (κ2) is 31.5. The molecule has 0 radical (unpaired) electrons. The first kappa shape index (κ1) is 71.0. The molecule has 3 saturated carbocycles. The number of fused-ring (bicyclic) bond motifs is 6. The number of phenols is 3. The number of hydrogen-bond donors (Lipinski definition) is 8. The molecule has 7 aromatic carbocycles. The highest BCUT2D eigenvalue weighted by Crippen LogP contribution is 2.59. The van der Waals surface area contributed by atoms with Crippen molar-refractivity contribution >= 4 is 59.7 Å². The smallest absolute Gasteiger partial charge is 0.164 e. The number of nitrogens with one attached hydrogen (secondary N) is 2. The number of Topliss-reactive ketones (excluding diaryl/α,β-unsaturated/α-hetero) is 1. The quantitative estimate of drug-likeness (QED) is 0.0452. The van der Waals surface area contributed by atoms with Crippen molar-refractivity contribution in [3.63, 3.8) is 0 Å². The van der Waals surface area contributed by atoms with Crippen molar-refractivity contribution in [2.75, 3.05) is 50.7 Å². The van der Waals surface area contributed by atoms with Crippen molar-refractivity contribution in [3.05, 3.63) is 219 Å². The van der Waals surface area contributed by atoms with Gasteiger partial charge < -0.3 is 55.2 Å². The van der Waals surface area contributed by atoms with Gasteiger partial charge in [-0.15, -0.1) is 0 Å². The van der Waals surface area contributed by atoms with Crippen LogP contribution in [0.4, 0.5) is 0 Å². The van der Waals surface area contributed by atoms with Crippen molar-refractivity contribution in [3.8, 4) is 28.7 Å². The molecular formula is C84H98N2O10S4. The number of H-pyrrole nitrogens is 1. The van der Waals surface area contributed by atoms with Crippen LogP contribution in [0, 0.1) is 41.4 Å². The molecule has 8 aromatic rings. The molecule has 4 heterocycles. The number of hydrogen-bond acceptors (Lipinski definition) is 15. The first-order valence-electron chi connectivity index (χ1n) is 36.7. The SMILES string of the molecule is CCOC[C@H]1CC[C@@H]2CSSC[C@@H]([C@]3(c4cc(O)cc([C@]56CCC[C@@H](Cc7ccccc7Cc7ccccc7)[C@H]5CCCN6)c4)C(=O)[C@@H]4[C@H](CSS[C@@H](CO)c5cccc6ccc(CC)c(c56)Cc5c(ccc(O)c5OC)C[C@@H](Cc5cc[nH]c5)[C@@H]4O)C[C@H]3O)c3ccc(O)c(c3)O[C@H]2C1. The van der Waals surface area contributed by atoms with E-state index in [4.69, 9.17) is 14.2 Å². The second-order valence-electron chi connectivity index (χ2n) is 29.4. The van der Waals surface area contributed by atoms with Crippen molar-refractivity contribution < 1.29 is 49.6 Å². The lowest BCUT2D eigenvalue weighted by atomic mass is 9.52. The lowest BCUT2D eigenvalue weighted by Gasteiger charge is -2.54. The summed E-state index contributed by atoms with van der Waals surface area (Å²) in [5.74, 6) is -0.193. The van der Waals surface area contributed by atoms with Crippen LogP contribution in [0.25, 0.3) is 10.8 Å². The van der Waals surface area contributed by atoms with Gasteiger partial charge in [-0.1, -0.05) is 160 Å². The molecule has 3 aliphatic carbocycles. The Hall–Kier alpha value is -6.05. The number of piperidine rings is 1. The van der Waals surface area contributed by atoms with Gasteiger partial charge in [0.1, 0.15) is 11.9 Å². The maximum Gasteiger partial charge on any atom is 0.164 e. The minimum atomic E-state index is -1.81. The Labute approximate surface area is 605 Å². The Bertz CT molecular complexity index is 4130. The molecule has 6 aliphatic rings. The fourth-order valence-corrected chi connectivity index (χ4v) is 24.8. The summed E-state index contributed by atoms with van der Waals surface area (Å²) in [4.78, 5) is 21.4. The van der Waals surface area contributed by atoms with Crippen LogP contribution >= 0.6 is 43.2 Å². The Balaban J connectivity index is 0.942. The first-order valence-corrected chi connectivity index (χ1v) is 41.5. The summed E-state index contributed by atoms with van der Waals surface area (Å²) in [7, 11) is 8.20. The van der Waals surface area contributed by atoms with Crippen LogP contribution in [0.2, 0.25) is 0 Å². The van der Waals surface area contributed by atoms with Gasteiger partial charge >= 0.3 is 0 Å². The van der Waals surface area contributed by atoms with Gasteiger partial charge in [-0.25, -0.2) is 0 Å². The van der Waals surface area contributed by atoms with Crippen LogP contribution in [0.3, 0.4) is 0 Å². The Kier molecular flexibility index (Phi) is 22.4. The van der Waals surface area contributed by atoms with Crippen molar-refractivity contribution in [2.24, 2.45) is 41.4 Å². The third-order valence-electron chi connectivity index (χ3n) is 23.9. The molecule has 2 bridgehead atoms. The number of aliphatic hydroxyl groups is 3. The maximum absolute atomic E-state index is 18.2. The summed E-state index contributed by atoms with van der Waals surface area (Å²) in [5, 5.41) is 82.9. The zero-order valence-corrected chi connectivity index (χ0v) is 61.1.